The Bertz CT molecular complexity index is 315. The molecule has 16 heavy (non-hydrogen) atoms. The van der Waals surface area contributed by atoms with E-state index in [-0.39, 0.29) is 12.0 Å². The molecule has 0 unspecified atom stereocenters. The van der Waals surface area contributed by atoms with E-state index in [0.717, 1.165) is 30.1 Å². The number of nitrogens with one attached hydrogen (secondary N) is 1. The van der Waals surface area contributed by atoms with Gasteiger partial charge in [-0.15, -0.1) is 0 Å². The Morgan fingerprint density at radius 2 is 2.00 bits per heavy atom. The largest absolute Gasteiger partial charge is 0.396 e. The highest BCUT2D eigenvalue weighted by atomic mass is 35.5. The molecule has 0 aliphatic rings. The van der Waals surface area contributed by atoms with Crippen LogP contribution in [0.1, 0.15) is 26.7 Å². The van der Waals surface area contributed by atoms with Crippen molar-refractivity contribution in [3.63, 3.8) is 0 Å². The zero-order chi connectivity index (χ0) is 12.0. The number of benzene rings is 1. The molecular formula is C13H20ClNO. The van der Waals surface area contributed by atoms with Gasteiger partial charge in [0, 0.05) is 22.7 Å². The Morgan fingerprint density at radius 1 is 1.31 bits per heavy atom. The summed E-state index contributed by atoms with van der Waals surface area (Å²) in [7, 11) is 0. The molecule has 90 valence electrons. The van der Waals surface area contributed by atoms with E-state index in [1.165, 1.54) is 0 Å². The molecule has 0 spiro atoms. The Balaban J connectivity index is 2.62. The Hall–Kier alpha value is -0.730. The summed E-state index contributed by atoms with van der Waals surface area (Å²) in [4.78, 5) is 0. The highest BCUT2D eigenvalue weighted by Crippen LogP contribution is 2.26. The molecule has 0 amide bonds. The van der Waals surface area contributed by atoms with Crippen LogP contribution < -0.4 is 5.32 Å². The molecule has 0 aromatic heterocycles. The smallest absolute Gasteiger partial charge is 0.0504 e. The van der Waals surface area contributed by atoms with Gasteiger partial charge in [-0.1, -0.05) is 31.5 Å². The van der Waals surface area contributed by atoms with Gasteiger partial charge < -0.3 is 10.4 Å². The van der Waals surface area contributed by atoms with Gasteiger partial charge in [-0.3, -0.25) is 0 Å². The maximum atomic E-state index is 9.44. The van der Waals surface area contributed by atoms with Gasteiger partial charge >= 0.3 is 0 Å². The van der Waals surface area contributed by atoms with Crippen molar-refractivity contribution in [1.82, 2.24) is 0 Å². The normalized spacial score (nSPS) is 11.5. The molecule has 0 radical (unpaired) electrons. The van der Waals surface area contributed by atoms with Gasteiger partial charge in [0.2, 0.25) is 0 Å². The molecule has 0 bridgehead atoms. The number of rotatable bonds is 6. The van der Waals surface area contributed by atoms with Crippen LogP contribution in [0.25, 0.3) is 0 Å². The van der Waals surface area contributed by atoms with Gasteiger partial charge in [0.15, 0.2) is 0 Å². The fourth-order valence-corrected chi connectivity index (χ4v) is 1.86. The van der Waals surface area contributed by atoms with Crippen LogP contribution in [0.4, 0.5) is 5.69 Å². The SMILES string of the molecule is CCC(CC)(CO)CNc1cccc(Cl)c1. The molecule has 0 heterocycles. The van der Waals surface area contributed by atoms with E-state index in [1.807, 2.05) is 24.3 Å². The Labute approximate surface area is 103 Å². The summed E-state index contributed by atoms with van der Waals surface area (Å²) in [5.41, 5.74) is 0.981. The summed E-state index contributed by atoms with van der Waals surface area (Å²) in [6, 6.07) is 7.66. The van der Waals surface area contributed by atoms with Crippen LogP contribution in [0.5, 0.6) is 0 Å². The van der Waals surface area contributed by atoms with Crippen LogP contribution in [0, 0.1) is 5.41 Å². The third-order valence-electron chi connectivity index (χ3n) is 3.33. The second kappa shape index (κ2) is 6.12. The molecule has 2 nitrogen and oxygen atoms in total. The molecule has 2 N–H and O–H groups in total. The Kier molecular flexibility index (Phi) is 5.10. The maximum Gasteiger partial charge on any atom is 0.0504 e. The summed E-state index contributed by atoms with van der Waals surface area (Å²) >= 11 is 5.91. The van der Waals surface area contributed by atoms with Gasteiger partial charge in [0.1, 0.15) is 0 Å². The average molecular weight is 242 g/mol. The monoisotopic (exact) mass is 241 g/mol. The molecular weight excluding hydrogens is 222 g/mol. The zero-order valence-electron chi connectivity index (χ0n) is 9.96. The third kappa shape index (κ3) is 3.39. The second-order valence-electron chi connectivity index (χ2n) is 4.23. The standard InChI is InChI=1S/C13H20ClNO/c1-3-13(4-2,10-16)9-15-12-7-5-6-11(14)8-12/h5-8,15-16H,3-4,9-10H2,1-2H3. The first-order valence-electron chi connectivity index (χ1n) is 5.76. The molecule has 0 aliphatic carbocycles. The molecule has 0 aliphatic heterocycles. The lowest BCUT2D eigenvalue weighted by Crippen LogP contribution is -2.32. The quantitative estimate of drug-likeness (QED) is 0.798. The van der Waals surface area contributed by atoms with E-state index in [1.54, 1.807) is 0 Å². The predicted octanol–water partition coefficient (Wildman–Crippen LogP) is 3.55. The Morgan fingerprint density at radius 3 is 2.50 bits per heavy atom. The minimum atomic E-state index is -0.0255. The minimum absolute atomic E-state index is 0.0255. The zero-order valence-corrected chi connectivity index (χ0v) is 10.7. The van der Waals surface area contributed by atoms with Crippen molar-refractivity contribution < 1.29 is 5.11 Å². The van der Waals surface area contributed by atoms with Crippen LogP contribution in [-0.2, 0) is 0 Å². The number of aliphatic hydroxyl groups is 1. The van der Waals surface area contributed by atoms with E-state index in [4.69, 9.17) is 11.6 Å². The lowest BCUT2D eigenvalue weighted by Gasteiger charge is -2.30. The number of aliphatic hydroxyl groups excluding tert-OH is 1. The van der Waals surface area contributed by atoms with Crippen molar-refractivity contribution in [3.05, 3.63) is 29.3 Å². The van der Waals surface area contributed by atoms with E-state index >= 15 is 0 Å². The molecule has 1 aromatic carbocycles. The van der Waals surface area contributed by atoms with Gasteiger partial charge in [-0.2, -0.15) is 0 Å². The highest BCUT2D eigenvalue weighted by Gasteiger charge is 2.24. The summed E-state index contributed by atoms with van der Waals surface area (Å²) < 4.78 is 0. The van der Waals surface area contributed by atoms with Crippen molar-refractivity contribution in [2.24, 2.45) is 5.41 Å². The van der Waals surface area contributed by atoms with Crippen LogP contribution in [0.2, 0.25) is 5.02 Å². The fourth-order valence-electron chi connectivity index (χ4n) is 1.67. The lowest BCUT2D eigenvalue weighted by molar-refractivity contribution is 0.127. The molecule has 0 atom stereocenters. The molecule has 0 saturated heterocycles. The fraction of sp³-hybridized carbons (Fsp3) is 0.538. The van der Waals surface area contributed by atoms with Gasteiger partial charge in [-0.05, 0) is 31.0 Å². The summed E-state index contributed by atoms with van der Waals surface area (Å²) in [5.74, 6) is 0. The first kappa shape index (κ1) is 13.3. The van der Waals surface area contributed by atoms with E-state index in [2.05, 4.69) is 19.2 Å². The van der Waals surface area contributed by atoms with Gasteiger partial charge in [0.25, 0.3) is 0 Å². The average Bonchev–Trinajstić information content (AvgIpc) is 2.32. The predicted molar refractivity (Wildman–Crippen MR) is 70.0 cm³/mol. The van der Waals surface area contributed by atoms with Crippen molar-refractivity contribution >= 4 is 17.3 Å². The van der Waals surface area contributed by atoms with Crippen LogP contribution >= 0.6 is 11.6 Å². The van der Waals surface area contributed by atoms with Crippen LogP contribution in [-0.4, -0.2) is 18.3 Å². The summed E-state index contributed by atoms with van der Waals surface area (Å²) in [6.07, 6.45) is 1.93. The van der Waals surface area contributed by atoms with E-state index < -0.39 is 0 Å². The maximum absolute atomic E-state index is 9.44. The number of anilines is 1. The lowest BCUT2D eigenvalue weighted by atomic mass is 9.83. The van der Waals surface area contributed by atoms with Gasteiger partial charge in [-0.25, -0.2) is 0 Å². The summed E-state index contributed by atoms with van der Waals surface area (Å²) in [5, 5.41) is 13.5. The van der Waals surface area contributed by atoms with E-state index in [9.17, 15) is 5.11 Å². The number of hydrogen-bond acceptors (Lipinski definition) is 2. The van der Waals surface area contributed by atoms with Crippen molar-refractivity contribution in [3.8, 4) is 0 Å². The number of halogens is 1. The summed E-state index contributed by atoms with van der Waals surface area (Å²) in [6.45, 7) is 5.21. The molecule has 0 saturated carbocycles. The minimum Gasteiger partial charge on any atom is -0.396 e. The van der Waals surface area contributed by atoms with Crippen molar-refractivity contribution in [1.29, 1.82) is 0 Å². The third-order valence-corrected chi connectivity index (χ3v) is 3.56. The molecule has 3 heteroatoms. The second-order valence-corrected chi connectivity index (χ2v) is 4.67. The van der Waals surface area contributed by atoms with Crippen LogP contribution in [0.15, 0.2) is 24.3 Å². The van der Waals surface area contributed by atoms with Gasteiger partial charge in [0.05, 0.1) is 6.61 Å². The molecule has 0 fully saturated rings. The first-order chi connectivity index (χ1) is 7.65. The molecule has 1 rings (SSSR count). The topological polar surface area (TPSA) is 32.3 Å². The first-order valence-corrected chi connectivity index (χ1v) is 6.14. The van der Waals surface area contributed by atoms with E-state index in [0.29, 0.717) is 0 Å². The number of hydrogen-bond donors (Lipinski definition) is 2. The molecule has 1 aromatic rings. The van der Waals surface area contributed by atoms with Crippen molar-refractivity contribution in [2.45, 2.75) is 26.7 Å². The highest BCUT2D eigenvalue weighted by molar-refractivity contribution is 6.30. The van der Waals surface area contributed by atoms with Crippen LogP contribution in [0.3, 0.4) is 0 Å². The van der Waals surface area contributed by atoms with Crippen molar-refractivity contribution in [2.75, 3.05) is 18.5 Å².